The van der Waals surface area contributed by atoms with Crippen molar-refractivity contribution in [1.82, 2.24) is 9.97 Å². The molecular formula is C11H11N3OS. The van der Waals surface area contributed by atoms with E-state index in [1.165, 1.54) is 0 Å². The van der Waals surface area contributed by atoms with Crippen LogP contribution in [-0.4, -0.2) is 28.4 Å². The predicted molar refractivity (Wildman–Crippen MR) is 64.4 cm³/mol. The van der Waals surface area contributed by atoms with Crippen molar-refractivity contribution in [2.75, 3.05) is 18.9 Å². The van der Waals surface area contributed by atoms with Crippen LogP contribution in [-0.2, 0) is 4.74 Å². The van der Waals surface area contributed by atoms with Crippen molar-refractivity contribution in [3.8, 4) is 0 Å². The lowest BCUT2D eigenvalue weighted by Gasteiger charge is -2.24. The molecule has 2 heterocycles. The predicted octanol–water partition coefficient (Wildman–Crippen LogP) is 1.70. The number of thioether (sulfide) groups is 1. The molecule has 1 aromatic carbocycles. The molecule has 3 rings (SSSR count). The van der Waals surface area contributed by atoms with Gasteiger partial charge in [-0.25, -0.2) is 9.97 Å². The average molecular weight is 233 g/mol. The summed E-state index contributed by atoms with van der Waals surface area (Å²) < 4.78 is 5.15. The number of ether oxygens (including phenoxy) is 1. The van der Waals surface area contributed by atoms with Crippen LogP contribution in [0.25, 0.3) is 10.9 Å². The Morgan fingerprint density at radius 3 is 2.94 bits per heavy atom. The lowest BCUT2D eigenvalue weighted by molar-refractivity contribution is 0.0455. The molecule has 1 aliphatic heterocycles. The Morgan fingerprint density at radius 1 is 1.31 bits per heavy atom. The zero-order valence-electron chi connectivity index (χ0n) is 8.59. The van der Waals surface area contributed by atoms with Crippen molar-refractivity contribution in [1.29, 1.82) is 0 Å². The van der Waals surface area contributed by atoms with Gasteiger partial charge in [-0.3, -0.25) is 0 Å². The van der Waals surface area contributed by atoms with Crippen LogP contribution >= 0.6 is 11.8 Å². The highest BCUT2D eigenvalue weighted by atomic mass is 32.2. The molecule has 2 N–H and O–H groups in total. The van der Waals surface area contributed by atoms with Crippen LogP contribution in [0.3, 0.4) is 0 Å². The summed E-state index contributed by atoms with van der Waals surface area (Å²) in [5.41, 5.74) is 7.36. The molecule has 0 spiro atoms. The Morgan fingerprint density at radius 2 is 2.19 bits per heavy atom. The van der Waals surface area contributed by atoms with Gasteiger partial charge in [0.05, 0.1) is 24.0 Å². The van der Waals surface area contributed by atoms with E-state index >= 15 is 0 Å². The Hall–Kier alpha value is -1.33. The summed E-state index contributed by atoms with van der Waals surface area (Å²) in [6.45, 7) is 1.62. The second-order valence-electron chi connectivity index (χ2n) is 3.73. The molecule has 0 atom stereocenters. The SMILES string of the molecule is Nc1ccc2c(SC3COC3)ncnc2c1. The van der Waals surface area contributed by atoms with Crippen LogP contribution in [0.5, 0.6) is 0 Å². The van der Waals surface area contributed by atoms with Crippen molar-refractivity contribution in [3.05, 3.63) is 24.5 Å². The zero-order valence-corrected chi connectivity index (χ0v) is 9.41. The van der Waals surface area contributed by atoms with E-state index < -0.39 is 0 Å². The summed E-state index contributed by atoms with van der Waals surface area (Å²) in [4.78, 5) is 8.53. The van der Waals surface area contributed by atoms with Gasteiger partial charge in [0.25, 0.3) is 0 Å². The number of fused-ring (bicyclic) bond motifs is 1. The van der Waals surface area contributed by atoms with Gasteiger partial charge in [0.2, 0.25) is 0 Å². The first-order chi connectivity index (χ1) is 7.83. The first-order valence-corrected chi connectivity index (χ1v) is 5.95. The van der Waals surface area contributed by atoms with Gasteiger partial charge in [-0.2, -0.15) is 0 Å². The van der Waals surface area contributed by atoms with E-state index in [-0.39, 0.29) is 0 Å². The van der Waals surface area contributed by atoms with E-state index in [1.807, 2.05) is 18.2 Å². The minimum absolute atomic E-state index is 0.524. The quantitative estimate of drug-likeness (QED) is 0.632. The van der Waals surface area contributed by atoms with Gasteiger partial charge < -0.3 is 10.5 Å². The molecule has 0 bridgehead atoms. The van der Waals surface area contributed by atoms with Gasteiger partial charge in [-0.1, -0.05) is 11.8 Å². The van der Waals surface area contributed by atoms with Gasteiger partial charge in [0.1, 0.15) is 11.4 Å². The maximum Gasteiger partial charge on any atom is 0.117 e. The van der Waals surface area contributed by atoms with Crippen LogP contribution in [0.2, 0.25) is 0 Å². The molecule has 5 heteroatoms. The number of hydrogen-bond donors (Lipinski definition) is 1. The minimum atomic E-state index is 0.524. The number of hydrogen-bond acceptors (Lipinski definition) is 5. The third kappa shape index (κ3) is 1.72. The van der Waals surface area contributed by atoms with Gasteiger partial charge in [-0.15, -0.1) is 0 Å². The maximum absolute atomic E-state index is 5.73. The summed E-state index contributed by atoms with van der Waals surface area (Å²) in [5.74, 6) is 0. The first-order valence-electron chi connectivity index (χ1n) is 5.07. The number of nitrogen functional groups attached to an aromatic ring is 1. The molecule has 1 aromatic heterocycles. The molecule has 0 amide bonds. The standard InChI is InChI=1S/C11H11N3OS/c12-7-1-2-9-10(3-7)13-6-14-11(9)16-8-4-15-5-8/h1-3,6,8H,4-5,12H2. The topological polar surface area (TPSA) is 61.0 Å². The average Bonchev–Trinajstić information content (AvgIpc) is 2.23. The van der Waals surface area contributed by atoms with E-state index in [0.717, 1.165) is 34.8 Å². The van der Waals surface area contributed by atoms with Crippen LogP contribution in [0.15, 0.2) is 29.6 Å². The van der Waals surface area contributed by atoms with Crippen LogP contribution in [0.1, 0.15) is 0 Å². The van der Waals surface area contributed by atoms with Crippen molar-refractivity contribution >= 4 is 28.4 Å². The second kappa shape index (κ2) is 3.92. The molecule has 16 heavy (non-hydrogen) atoms. The number of nitrogens with two attached hydrogens (primary N) is 1. The van der Waals surface area contributed by atoms with E-state index in [2.05, 4.69) is 9.97 Å². The van der Waals surface area contributed by atoms with Gasteiger partial charge in [-0.05, 0) is 18.2 Å². The molecule has 0 aliphatic carbocycles. The zero-order chi connectivity index (χ0) is 11.0. The summed E-state index contributed by atoms with van der Waals surface area (Å²) in [7, 11) is 0. The summed E-state index contributed by atoms with van der Waals surface area (Å²) in [6, 6.07) is 5.73. The Balaban J connectivity index is 2.02. The lowest BCUT2D eigenvalue weighted by atomic mass is 10.2. The minimum Gasteiger partial charge on any atom is -0.399 e. The molecule has 2 aromatic rings. The monoisotopic (exact) mass is 233 g/mol. The summed E-state index contributed by atoms with van der Waals surface area (Å²) in [6.07, 6.45) is 1.59. The molecule has 4 nitrogen and oxygen atoms in total. The highest BCUT2D eigenvalue weighted by molar-refractivity contribution is 8.00. The van der Waals surface area contributed by atoms with Crippen molar-refractivity contribution in [3.63, 3.8) is 0 Å². The molecule has 0 saturated carbocycles. The Labute approximate surface area is 97.2 Å². The van der Waals surface area contributed by atoms with E-state index in [1.54, 1.807) is 18.1 Å². The van der Waals surface area contributed by atoms with Crippen molar-refractivity contribution in [2.45, 2.75) is 10.3 Å². The lowest BCUT2D eigenvalue weighted by Crippen LogP contribution is -2.30. The van der Waals surface area contributed by atoms with Gasteiger partial charge in [0, 0.05) is 11.1 Å². The van der Waals surface area contributed by atoms with E-state index in [9.17, 15) is 0 Å². The molecule has 0 unspecified atom stereocenters. The molecule has 1 saturated heterocycles. The van der Waals surface area contributed by atoms with Crippen LogP contribution in [0.4, 0.5) is 5.69 Å². The molecule has 1 aliphatic rings. The molecule has 1 fully saturated rings. The van der Waals surface area contributed by atoms with Crippen molar-refractivity contribution in [2.24, 2.45) is 0 Å². The molecule has 82 valence electrons. The molecule has 0 radical (unpaired) electrons. The van der Waals surface area contributed by atoms with Gasteiger partial charge in [0.15, 0.2) is 0 Å². The summed E-state index contributed by atoms with van der Waals surface area (Å²) in [5, 5.41) is 2.60. The van der Waals surface area contributed by atoms with E-state index in [4.69, 9.17) is 10.5 Å². The number of aromatic nitrogens is 2. The third-order valence-corrected chi connectivity index (χ3v) is 3.66. The highest BCUT2D eigenvalue weighted by Crippen LogP contribution is 2.31. The fraction of sp³-hybridized carbons (Fsp3) is 0.273. The largest absolute Gasteiger partial charge is 0.399 e. The van der Waals surface area contributed by atoms with Crippen LogP contribution in [0, 0.1) is 0 Å². The fourth-order valence-corrected chi connectivity index (χ4v) is 2.64. The second-order valence-corrected chi connectivity index (χ2v) is 5.02. The van der Waals surface area contributed by atoms with Gasteiger partial charge >= 0.3 is 0 Å². The first kappa shape index (κ1) is 9.86. The van der Waals surface area contributed by atoms with Crippen LogP contribution < -0.4 is 5.73 Å². The molecular weight excluding hydrogens is 222 g/mol. The number of anilines is 1. The Kier molecular flexibility index (Phi) is 2.41. The smallest absolute Gasteiger partial charge is 0.117 e. The summed E-state index contributed by atoms with van der Waals surface area (Å²) >= 11 is 1.75. The maximum atomic E-state index is 5.73. The third-order valence-electron chi connectivity index (χ3n) is 2.51. The highest BCUT2D eigenvalue weighted by Gasteiger charge is 2.21. The van der Waals surface area contributed by atoms with E-state index in [0.29, 0.717) is 5.25 Å². The Bertz CT molecular complexity index is 528. The fourth-order valence-electron chi connectivity index (χ4n) is 1.58. The number of nitrogens with zero attached hydrogens (tertiary/aromatic N) is 2. The van der Waals surface area contributed by atoms with Crippen molar-refractivity contribution < 1.29 is 4.74 Å². The number of rotatable bonds is 2. The number of benzene rings is 1. The normalized spacial score (nSPS) is 16.2.